The van der Waals surface area contributed by atoms with E-state index in [0.29, 0.717) is 18.1 Å². The fourth-order valence-electron chi connectivity index (χ4n) is 3.01. The number of piperazine rings is 1. The number of carbonyl (C=O) groups is 1. The molecular formula is C22H25BrN2O3. The predicted molar refractivity (Wildman–Crippen MR) is 115 cm³/mol. The number of methoxy groups -OCH3 is 1. The van der Waals surface area contributed by atoms with E-state index >= 15 is 0 Å². The first-order chi connectivity index (χ1) is 13.6. The molecule has 2 aromatic carbocycles. The Bertz CT molecular complexity index is 828. The number of halogens is 1. The van der Waals surface area contributed by atoms with Gasteiger partial charge < -0.3 is 19.3 Å². The van der Waals surface area contributed by atoms with Crippen molar-refractivity contribution in [3.63, 3.8) is 0 Å². The van der Waals surface area contributed by atoms with Crippen molar-refractivity contribution in [1.29, 1.82) is 0 Å². The molecule has 0 spiro atoms. The van der Waals surface area contributed by atoms with E-state index in [1.165, 1.54) is 0 Å². The number of nitrogens with zero attached hydrogens (tertiary/aromatic N) is 2. The van der Waals surface area contributed by atoms with Gasteiger partial charge in [0, 0.05) is 42.3 Å². The van der Waals surface area contributed by atoms with Gasteiger partial charge in [0.15, 0.2) is 11.5 Å². The summed E-state index contributed by atoms with van der Waals surface area (Å²) in [6.45, 7) is 3.73. The fraction of sp³-hybridized carbons (Fsp3) is 0.318. The quantitative estimate of drug-likeness (QED) is 0.635. The largest absolute Gasteiger partial charge is 0.493 e. The number of benzene rings is 2. The van der Waals surface area contributed by atoms with Crippen LogP contribution in [-0.4, -0.2) is 56.0 Å². The van der Waals surface area contributed by atoms with E-state index in [1.807, 2.05) is 47.4 Å². The molecule has 1 fully saturated rings. The van der Waals surface area contributed by atoms with Crippen LogP contribution in [0.4, 0.5) is 0 Å². The number of amides is 1. The maximum Gasteiger partial charge on any atom is 0.246 e. The van der Waals surface area contributed by atoms with Crippen LogP contribution >= 0.6 is 15.9 Å². The van der Waals surface area contributed by atoms with E-state index in [0.717, 1.165) is 41.8 Å². The second-order valence-corrected chi connectivity index (χ2v) is 7.67. The van der Waals surface area contributed by atoms with E-state index in [4.69, 9.17) is 9.47 Å². The number of ether oxygens (including phenoxy) is 2. The third-order valence-corrected chi connectivity index (χ3v) is 5.27. The van der Waals surface area contributed by atoms with E-state index in [2.05, 4.69) is 27.9 Å². The smallest absolute Gasteiger partial charge is 0.246 e. The molecule has 1 amide bonds. The zero-order chi connectivity index (χ0) is 19.9. The van der Waals surface area contributed by atoms with Crippen molar-refractivity contribution < 1.29 is 14.3 Å². The molecule has 0 atom stereocenters. The van der Waals surface area contributed by atoms with Crippen LogP contribution in [0.3, 0.4) is 0 Å². The maximum absolute atomic E-state index is 12.5. The van der Waals surface area contributed by atoms with E-state index in [9.17, 15) is 4.79 Å². The molecule has 0 aromatic heterocycles. The van der Waals surface area contributed by atoms with Crippen molar-refractivity contribution in [1.82, 2.24) is 9.80 Å². The number of likely N-dealkylation sites (N-methyl/N-ethyl adjacent to an activating group) is 1. The summed E-state index contributed by atoms with van der Waals surface area (Å²) in [5.74, 6) is 1.30. The molecule has 5 nitrogen and oxygen atoms in total. The van der Waals surface area contributed by atoms with Gasteiger partial charge in [-0.1, -0.05) is 40.2 Å². The summed E-state index contributed by atoms with van der Waals surface area (Å²) in [4.78, 5) is 16.6. The van der Waals surface area contributed by atoms with Gasteiger partial charge in [0.05, 0.1) is 7.11 Å². The van der Waals surface area contributed by atoms with Crippen LogP contribution in [-0.2, 0) is 11.4 Å². The molecule has 0 unspecified atom stereocenters. The van der Waals surface area contributed by atoms with Crippen LogP contribution in [0.25, 0.3) is 6.08 Å². The Hall–Kier alpha value is -2.31. The third-order valence-electron chi connectivity index (χ3n) is 4.75. The second kappa shape index (κ2) is 9.75. The Kier molecular flexibility index (Phi) is 7.12. The lowest BCUT2D eigenvalue weighted by atomic mass is 10.1. The van der Waals surface area contributed by atoms with Crippen molar-refractivity contribution in [2.45, 2.75) is 6.61 Å². The van der Waals surface area contributed by atoms with Gasteiger partial charge in [-0.3, -0.25) is 4.79 Å². The number of hydrogen-bond donors (Lipinski definition) is 0. The lowest BCUT2D eigenvalue weighted by molar-refractivity contribution is -0.127. The van der Waals surface area contributed by atoms with Crippen LogP contribution in [0, 0.1) is 0 Å². The topological polar surface area (TPSA) is 42.0 Å². The molecular weight excluding hydrogens is 420 g/mol. The molecule has 2 aromatic rings. The summed E-state index contributed by atoms with van der Waals surface area (Å²) < 4.78 is 12.5. The molecule has 0 N–H and O–H groups in total. The van der Waals surface area contributed by atoms with Gasteiger partial charge in [-0.2, -0.15) is 0 Å². The Morgan fingerprint density at radius 1 is 1.11 bits per heavy atom. The highest BCUT2D eigenvalue weighted by molar-refractivity contribution is 9.10. The first kappa shape index (κ1) is 20.4. The number of rotatable bonds is 6. The zero-order valence-corrected chi connectivity index (χ0v) is 17.8. The average Bonchev–Trinajstić information content (AvgIpc) is 2.72. The number of carbonyl (C=O) groups excluding carboxylic acids is 1. The summed E-state index contributed by atoms with van der Waals surface area (Å²) in [6, 6.07) is 13.7. The van der Waals surface area contributed by atoms with Gasteiger partial charge in [-0.05, 0) is 36.9 Å². The molecule has 1 aliphatic rings. The van der Waals surface area contributed by atoms with Crippen molar-refractivity contribution in [2.75, 3.05) is 40.3 Å². The van der Waals surface area contributed by atoms with Gasteiger partial charge in [0.25, 0.3) is 0 Å². The number of para-hydroxylation sites is 1. The lowest BCUT2D eigenvalue weighted by Crippen LogP contribution is -2.46. The highest BCUT2D eigenvalue weighted by atomic mass is 79.9. The van der Waals surface area contributed by atoms with Crippen LogP contribution in [0.2, 0.25) is 0 Å². The molecule has 3 rings (SSSR count). The first-order valence-electron chi connectivity index (χ1n) is 9.26. The molecule has 28 heavy (non-hydrogen) atoms. The van der Waals surface area contributed by atoms with Crippen LogP contribution in [0.5, 0.6) is 11.5 Å². The van der Waals surface area contributed by atoms with Crippen molar-refractivity contribution in [3.05, 3.63) is 64.1 Å². The van der Waals surface area contributed by atoms with Crippen molar-refractivity contribution in [3.8, 4) is 11.5 Å². The third kappa shape index (κ3) is 5.36. The standard InChI is InChI=1S/C22H25BrN2O3/c1-24-12-14-25(15-13-24)21(26)11-8-18-4-3-5-20(27-2)22(18)28-16-17-6-9-19(23)10-7-17/h3-11H,12-16H2,1-2H3/b11-8+. The Labute approximate surface area is 174 Å². The van der Waals surface area contributed by atoms with Gasteiger partial charge in [0.1, 0.15) is 6.61 Å². The molecule has 1 heterocycles. The van der Waals surface area contributed by atoms with Gasteiger partial charge >= 0.3 is 0 Å². The summed E-state index contributed by atoms with van der Waals surface area (Å²) in [7, 11) is 3.69. The molecule has 0 radical (unpaired) electrons. The van der Waals surface area contributed by atoms with Crippen LogP contribution in [0.15, 0.2) is 53.0 Å². The fourth-order valence-corrected chi connectivity index (χ4v) is 3.27. The van der Waals surface area contributed by atoms with Crippen LogP contribution in [0.1, 0.15) is 11.1 Å². The molecule has 0 bridgehead atoms. The highest BCUT2D eigenvalue weighted by Gasteiger charge is 2.17. The van der Waals surface area contributed by atoms with E-state index in [-0.39, 0.29) is 5.91 Å². The minimum absolute atomic E-state index is 0.0229. The van der Waals surface area contributed by atoms with Crippen LogP contribution < -0.4 is 9.47 Å². The van der Waals surface area contributed by atoms with Crippen molar-refractivity contribution >= 4 is 27.9 Å². The summed E-state index contributed by atoms with van der Waals surface area (Å²) in [6.07, 6.45) is 3.42. The summed E-state index contributed by atoms with van der Waals surface area (Å²) in [5.41, 5.74) is 1.87. The molecule has 148 valence electrons. The molecule has 0 aliphatic carbocycles. The van der Waals surface area contributed by atoms with Gasteiger partial charge in [0.2, 0.25) is 5.91 Å². The molecule has 1 saturated heterocycles. The zero-order valence-electron chi connectivity index (χ0n) is 16.2. The maximum atomic E-state index is 12.5. The summed E-state index contributed by atoms with van der Waals surface area (Å²) >= 11 is 3.44. The van der Waals surface area contributed by atoms with Gasteiger partial charge in [-0.15, -0.1) is 0 Å². The Balaban J connectivity index is 1.73. The predicted octanol–water partition coefficient (Wildman–Crippen LogP) is 3.82. The molecule has 1 aliphatic heterocycles. The SMILES string of the molecule is COc1cccc(/C=C/C(=O)N2CCN(C)CC2)c1OCc1ccc(Br)cc1. The van der Waals surface area contributed by atoms with E-state index < -0.39 is 0 Å². The second-order valence-electron chi connectivity index (χ2n) is 6.76. The molecule has 0 saturated carbocycles. The summed E-state index contributed by atoms with van der Waals surface area (Å²) in [5, 5.41) is 0. The minimum atomic E-state index is 0.0229. The minimum Gasteiger partial charge on any atom is -0.493 e. The van der Waals surface area contributed by atoms with Gasteiger partial charge in [-0.25, -0.2) is 0 Å². The normalized spacial score (nSPS) is 15.0. The highest BCUT2D eigenvalue weighted by Crippen LogP contribution is 2.33. The Morgan fingerprint density at radius 3 is 2.50 bits per heavy atom. The average molecular weight is 445 g/mol. The molecule has 6 heteroatoms. The first-order valence-corrected chi connectivity index (χ1v) is 10.1. The Morgan fingerprint density at radius 2 is 1.82 bits per heavy atom. The lowest BCUT2D eigenvalue weighted by Gasteiger charge is -2.31. The van der Waals surface area contributed by atoms with E-state index in [1.54, 1.807) is 19.3 Å². The number of hydrogen-bond acceptors (Lipinski definition) is 4. The van der Waals surface area contributed by atoms with Crippen molar-refractivity contribution in [2.24, 2.45) is 0 Å². The monoisotopic (exact) mass is 444 g/mol.